The fourth-order valence-corrected chi connectivity index (χ4v) is 2.84. The molecule has 0 unspecified atom stereocenters. The summed E-state index contributed by atoms with van der Waals surface area (Å²) < 4.78 is 5.25. The van der Waals surface area contributed by atoms with Gasteiger partial charge in [-0.15, -0.1) is 0 Å². The Morgan fingerprint density at radius 2 is 1.48 bits per heavy atom. The van der Waals surface area contributed by atoms with E-state index in [9.17, 15) is 14.4 Å². The van der Waals surface area contributed by atoms with E-state index in [4.69, 9.17) is 10.5 Å². The van der Waals surface area contributed by atoms with Crippen LogP contribution in [0.25, 0.3) is 0 Å². The van der Waals surface area contributed by atoms with Crippen LogP contribution in [0.1, 0.15) is 31.4 Å². The highest BCUT2D eigenvalue weighted by atomic mass is 16.5. The standard InChI is InChI=1S/C24H29N3O4/c1-17(2)13-14-20(22(25)28)26-23(29)21(15-18-9-5-3-6-10-18)27-24(30)31-16-19-11-7-4-8-12-19/h3-13,20-21H,14-16H2,1-2H3,(H2,25,28)(H,26,29)(H,27,30)/t20-,21-/m1/s1. The maximum Gasteiger partial charge on any atom is 0.408 e. The lowest BCUT2D eigenvalue weighted by Crippen LogP contribution is -2.53. The number of ether oxygens (including phenoxy) is 1. The predicted octanol–water partition coefficient (Wildman–Crippen LogP) is 2.85. The van der Waals surface area contributed by atoms with E-state index in [0.717, 1.165) is 16.7 Å². The molecule has 0 aromatic heterocycles. The molecule has 0 aliphatic carbocycles. The highest BCUT2D eigenvalue weighted by molar-refractivity contribution is 5.91. The van der Waals surface area contributed by atoms with E-state index in [1.807, 2.05) is 80.6 Å². The number of carbonyl (C=O) groups is 3. The summed E-state index contributed by atoms with van der Waals surface area (Å²) in [6, 6.07) is 16.7. The Hall–Kier alpha value is -3.61. The molecule has 2 atom stereocenters. The number of allylic oxidation sites excluding steroid dienone is 1. The van der Waals surface area contributed by atoms with Crippen LogP contribution in [0.3, 0.4) is 0 Å². The zero-order chi connectivity index (χ0) is 22.6. The summed E-state index contributed by atoms with van der Waals surface area (Å²) in [7, 11) is 0. The number of amides is 3. The summed E-state index contributed by atoms with van der Waals surface area (Å²) in [4.78, 5) is 37.0. The van der Waals surface area contributed by atoms with Gasteiger partial charge >= 0.3 is 6.09 Å². The summed E-state index contributed by atoms with van der Waals surface area (Å²) in [5.41, 5.74) is 8.13. The zero-order valence-electron chi connectivity index (χ0n) is 17.8. The van der Waals surface area contributed by atoms with Gasteiger partial charge in [-0.05, 0) is 31.4 Å². The van der Waals surface area contributed by atoms with Crippen molar-refractivity contribution in [1.29, 1.82) is 0 Å². The molecule has 4 N–H and O–H groups in total. The molecule has 0 saturated carbocycles. The first-order valence-corrected chi connectivity index (χ1v) is 10.1. The molecule has 2 aromatic rings. The van der Waals surface area contributed by atoms with Crippen molar-refractivity contribution in [2.75, 3.05) is 0 Å². The molecule has 164 valence electrons. The molecular weight excluding hydrogens is 394 g/mol. The molecule has 7 heteroatoms. The van der Waals surface area contributed by atoms with E-state index in [-0.39, 0.29) is 19.4 Å². The monoisotopic (exact) mass is 423 g/mol. The van der Waals surface area contributed by atoms with Crippen LogP contribution in [0.5, 0.6) is 0 Å². The van der Waals surface area contributed by atoms with Crippen molar-refractivity contribution in [2.24, 2.45) is 5.73 Å². The molecule has 31 heavy (non-hydrogen) atoms. The molecule has 0 fully saturated rings. The van der Waals surface area contributed by atoms with Crippen molar-refractivity contribution in [2.45, 2.75) is 45.4 Å². The summed E-state index contributed by atoms with van der Waals surface area (Å²) in [5, 5.41) is 5.25. The van der Waals surface area contributed by atoms with Crippen molar-refractivity contribution < 1.29 is 19.1 Å². The molecule has 0 aliphatic heterocycles. The van der Waals surface area contributed by atoms with Gasteiger partial charge in [0.2, 0.25) is 11.8 Å². The number of primary amides is 1. The summed E-state index contributed by atoms with van der Waals surface area (Å²) in [6.07, 6.45) is 1.62. The molecule has 0 spiro atoms. The molecule has 7 nitrogen and oxygen atoms in total. The third-order valence-corrected chi connectivity index (χ3v) is 4.53. The van der Waals surface area contributed by atoms with Gasteiger partial charge in [-0.2, -0.15) is 0 Å². The second kappa shape index (κ2) is 12.2. The molecule has 2 aromatic carbocycles. The number of hydrogen-bond donors (Lipinski definition) is 3. The van der Waals surface area contributed by atoms with Crippen LogP contribution >= 0.6 is 0 Å². The molecular formula is C24H29N3O4. The Labute approximate surface area is 182 Å². The van der Waals surface area contributed by atoms with Crippen molar-refractivity contribution in [1.82, 2.24) is 10.6 Å². The number of rotatable bonds is 10. The van der Waals surface area contributed by atoms with Gasteiger partial charge in [0.25, 0.3) is 0 Å². The van der Waals surface area contributed by atoms with E-state index in [1.165, 1.54) is 0 Å². The molecule has 0 aliphatic rings. The lowest BCUT2D eigenvalue weighted by Gasteiger charge is -2.21. The second-order valence-corrected chi connectivity index (χ2v) is 7.43. The number of nitrogens with one attached hydrogen (secondary N) is 2. The molecule has 0 saturated heterocycles. The van der Waals surface area contributed by atoms with Crippen molar-refractivity contribution in [3.05, 3.63) is 83.4 Å². The highest BCUT2D eigenvalue weighted by Gasteiger charge is 2.26. The van der Waals surface area contributed by atoms with Crippen LogP contribution < -0.4 is 16.4 Å². The molecule has 2 rings (SSSR count). The third kappa shape index (κ3) is 8.74. The van der Waals surface area contributed by atoms with Gasteiger partial charge in [-0.3, -0.25) is 9.59 Å². The minimum absolute atomic E-state index is 0.0802. The first-order valence-electron chi connectivity index (χ1n) is 10.1. The summed E-state index contributed by atoms with van der Waals surface area (Å²) in [5.74, 6) is -1.15. The Bertz CT molecular complexity index is 894. The van der Waals surface area contributed by atoms with Crippen LogP contribution in [0.15, 0.2) is 72.3 Å². The average molecular weight is 424 g/mol. The van der Waals surface area contributed by atoms with E-state index in [2.05, 4.69) is 10.6 Å². The highest BCUT2D eigenvalue weighted by Crippen LogP contribution is 2.07. The number of nitrogens with two attached hydrogens (primary N) is 1. The average Bonchev–Trinajstić information content (AvgIpc) is 2.75. The molecule has 0 radical (unpaired) electrons. The first kappa shape index (κ1) is 23.7. The van der Waals surface area contributed by atoms with Gasteiger partial charge in [-0.1, -0.05) is 72.3 Å². The lowest BCUT2D eigenvalue weighted by atomic mass is 10.0. The van der Waals surface area contributed by atoms with Gasteiger partial charge in [0, 0.05) is 6.42 Å². The Balaban J connectivity index is 2.07. The quantitative estimate of drug-likeness (QED) is 0.510. The van der Waals surface area contributed by atoms with Crippen LogP contribution in [-0.4, -0.2) is 30.0 Å². The topological polar surface area (TPSA) is 111 Å². The largest absolute Gasteiger partial charge is 0.445 e. The van der Waals surface area contributed by atoms with E-state index >= 15 is 0 Å². The first-order chi connectivity index (χ1) is 14.8. The maximum atomic E-state index is 12.9. The van der Waals surface area contributed by atoms with Crippen molar-refractivity contribution in [3.8, 4) is 0 Å². The van der Waals surface area contributed by atoms with Crippen LogP contribution in [0.2, 0.25) is 0 Å². The number of benzene rings is 2. The zero-order valence-corrected chi connectivity index (χ0v) is 17.8. The fourth-order valence-electron chi connectivity index (χ4n) is 2.84. The van der Waals surface area contributed by atoms with Gasteiger partial charge in [0.15, 0.2) is 0 Å². The number of hydrogen-bond acceptors (Lipinski definition) is 4. The van der Waals surface area contributed by atoms with Crippen molar-refractivity contribution >= 4 is 17.9 Å². The molecule has 0 bridgehead atoms. The number of carbonyl (C=O) groups excluding carboxylic acids is 3. The Kier molecular flexibility index (Phi) is 9.29. The summed E-state index contributed by atoms with van der Waals surface area (Å²) >= 11 is 0. The predicted molar refractivity (Wildman–Crippen MR) is 119 cm³/mol. The van der Waals surface area contributed by atoms with Crippen molar-refractivity contribution in [3.63, 3.8) is 0 Å². The van der Waals surface area contributed by atoms with E-state index in [1.54, 1.807) is 0 Å². The normalized spacial score (nSPS) is 12.2. The third-order valence-electron chi connectivity index (χ3n) is 4.53. The van der Waals surface area contributed by atoms with Crippen LogP contribution in [-0.2, 0) is 27.4 Å². The maximum absolute atomic E-state index is 12.9. The number of alkyl carbamates (subject to hydrolysis) is 1. The minimum atomic E-state index is -0.931. The van der Waals surface area contributed by atoms with E-state index in [0.29, 0.717) is 0 Å². The fraction of sp³-hybridized carbons (Fsp3) is 0.292. The Morgan fingerprint density at radius 3 is 2.03 bits per heavy atom. The van der Waals surface area contributed by atoms with Gasteiger partial charge in [-0.25, -0.2) is 4.79 Å². The van der Waals surface area contributed by atoms with Gasteiger partial charge in [0.05, 0.1) is 0 Å². The Morgan fingerprint density at radius 1 is 0.903 bits per heavy atom. The van der Waals surface area contributed by atoms with Crippen LogP contribution in [0.4, 0.5) is 4.79 Å². The van der Waals surface area contributed by atoms with Gasteiger partial charge in [0.1, 0.15) is 18.7 Å². The molecule has 0 heterocycles. The molecule has 3 amide bonds. The lowest BCUT2D eigenvalue weighted by molar-refractivity contribution is -0.128. The summed E-state index contributed by atoms with van der Waals surface area (Å²) in [6.45, 7) is 3.86. The SMILES string of the molecule is CC(C)=CC[C@@H](NC(=O)[C@@H](Cc1ccccc1)NC(=O)OCc1ccccc1)C(N)=O. The smallest absolute Gasteiger partial charge is 0.408 e. The second-order valence-electron chi connectivity index (χ2n) is 7.43. The van der Waals surface area contributed by atoms with Gasteiger partial charge < -0.3 is 21.1 Å². The van der Waals surface area contributed by atoms with Crippen LogP contribution in [0, 0.1) is 0 Å². The minimum Gasteiger partial charge on any atom is -0.445 e. The van der Waals surface area contributed by atoms with E-state index < -0.39 is 30.0 Å².